The molecule has 1 aliphatic rings. The fraction of sp³-hybridized carbons (Fsp3) is 0.233. The summed E-state index contributed by atoms with van der Waals surface area (Å²) in [5.74, 6) is -1.90. The number of carboxylic acids is 1. The highest BCUT2D eigenvalue weighted by molar-refractivity contribution is 5.96. The van der Waals surface area contributed by atoms with Crippen LogP contribution in [0.25, 0.3) is 0 Å². The molecule has 12 heteroatoms. The van der Waals surface area contributed by atoms with Crippen molar-refractivity contribution in [3.8, 4) is 11.8 Å². The highest BCUT2D eigenvalue weighted by Gasteiger charge is 2.27. The second kappa shape index (κ2) is 13.7. The van der Waals surface area contributed by atoms with E-state index in [-0.39, 0.29) is 24.0 Å². The van der Waals surface area contributed by atoms with Crippen LogP contribution < -0.4 is 26.0 Å². The van der Waals surface area contributed by atoms with Gasteiger partial charge in [-0.15, -0.1) is 0 Å². The molecule has 0 saturated carbocycles. The number of benzene rings is 3. The van der Waals surface area contributed by atoms with E-state index in [0.29, 0.717) is 48.6 Å². The van der Waals surface area contributed by atoms with Gasteiger partial charge in [-0.3, -0.25) is 15.0 Å². The summed E-state index contributed by atoms with van der Waals surface area (Å²) in [5, 5.41) is 31.8. The molecule has 0 spiro atoms. The number of aliphatic carboxylic acids is 1. The first-order chi connectivity index (χ1) is 20.2. The van der Waals surface area contributed by atoms with Crippen LogP contribution in [0.2, 0.25) is 0 Å². The Kier molecular flexibility index (Phi) is 9.57. The third kappa shape index (κ3) is 7.54. The van der Waals surface area contributed by atoms with Gasteiger partial charge >= 0.3 is 5.97 Å². The molecule has 2 amide bonds. The molecule has 1 atom stereocenters. The molecule has 0 aromatic heterocycles. The maximum absolute atomic E-state index is 13.5. The predicted octanol–water partition coefficient (Wildman–Crippen LogP) is 1.92. The SMILES string of the molecule is N#Cc1cccc(N2CCN(C(=O)CNC(=O)C(Nc3cccc(C(=N)N)c3)c3ccccc3OCC(=O)O)CC2)c1. The van der Waals surface area contributed by atoms with E-state index in [2.05, 4.69) is 21.6 Å². The first-order valence-corrected chi connectivity index (χ1v) is 13.2. The highest BCUT2D eigenvalue weighted by Crippen LogP contribution is 2.29. The lowest BCUT2D eigenvalue weighted by Crippen LogP contribution is -2.51. The van der Waals surface area contributed by atoms with E-state index in [0.717, 1.165) is 5.69 Å². The van der Waals surface area contributed by atoms with Gasteiger partial charge in [-0.05, 0) is 36.4 Å². The molecule has 0 aliphatic carbocycles. The number of carbonyl (C=O) groups is 3. The number of rotatable bonds is 11. The van der Waals surface area contributed by atoms with Crippen LogP contribution in [0.4, 0.5) is 11.4 Å². The zero-order valence-electron chi connectivity index (χ0n) is 22.7. The van der Waals surface area contributed by atoms with Gasteiger partial charge in [0.1, 0.15) is 17.6 Å². The summed E-state index contributed by atoms with van der Waals surface area (Å²) in [5.41, 5.74) is 8.41. The number of hydrogen-bond acceptors (Lipinski definition) is 8. The van der Waals surface area contributed by atoms with Crippen molar-refractivity contribution in [1.29, 1.82) is 10.7 Å². The van der Waals surface area contributed by atoms with Gasteiger partial charge in [0.05, 0.1) is 18.2 Å². The van der Waals surface area contributed by atoms with Crippen LogP contribution >= 0.6 is 0 Å². The van der Waals surface area contributed by atoms with E-state index in [1.165, 1.54) is 0 Å². The third-order valence-electron chi connectivity index (χ3n) is 6.71. The van der Waals surface area contributed by atoms with Gasteiger partial charge in [-0.1, -0.05) is 36.4 Å². The number of carboxylic acid groups (broad SMARTS) is 1. The predicted molar refractivity (Wildman–Crippen MR) is 156 cm³/mol. The summed E-state index contributed by atoms with van der Waals surface area (Å²) in [7, 11) is 0. The maximum atomic E-state index is 13.5. The van der Waals surface area contributed by atoms with Gasteiger partial charge in [-0.2, -0.15) is 5.26 Å². The van der Waals surface area contributed by atoms with Gasteiger partial charge in [0, 0.05) is 48.7 Å². The lowest BCUT2D eigenvalue weighted by Gasteiger charge is -2.36. The van der Waals surface area contributed by atoms with Crippen LogP contribution in [-0.2, 0) is 14.4 Å². The highest BCUT2D eigenvalue weighted by atomic mass is 16.5. The molecule has 6 N–H and O–H groups in total. The third-order valence-corrected chi connectivity index (χ3v) is 6.71. The monoisotopic (exact) mass is 569 g/mol. The number of nitrogens with one attached hydrogen (secondary N) is 3. The van der Waals surface area contributed by atoms with Crippen molar-refractivity contribution in [2.24, 2.45) is 5.73 Å². The molecule has 3 aromatic carbocycles. The Bertz CT molecular complexity index is 1510. The van der Waals surface area contributed by atoms with Gasteiger partial charge in [-0.25, -0.2) is 4.79 Å². The zero-order chi connectivity index (χ0) is 30.1. The van der Waals surface area contributed by atoms with E-state index in [1.807, 2.05) is 18.2 Å². The van der Waals surface area contributed by atoms with E-state index < -0.39 is 24.5 Å². The van der Waals surface area contributed by atoms with Crippen molar-refractivity contribution in [3.05, 3.63) is 89.5 Å². The van der Waals surface area contributed by atoms with Crippen molar-refractivity contribution < 1.29 is 24.2 Å². The number of nitriles is 1. The van der Waals surface area contributed by atoms with E-state index in [9.17, 15) is 14.4 Å². The van der Waals surface area contributed by atoms with E-state index in [1.54, 1.807) is 59.5 Å². The Morgan fingerprint density at radius 2 is 1.76 bits per heavy atom. The fourth-order valence-electron chi connectivity index (χ4n) is 4.58. The lowest BCUT2D eigenvalue weighted by molar-refractivity contribution is -0.139. The molecule has 1 saturated heterocycles. The quantitative estimate of drug-likeness (QED) is 0.170. The molecule has 1 aliphatic heterocycles. The summed E-state index contributed by atoms with van der Waals surface area (Å²) in [4.78, 5) is 41.5. The lowest BCUT2D eigenvalue weighted by atomic mass is 10.0. The average molecular weight is 570 g/mol. The number of piperazine rings is 1. The Morgan fingerprint density at radius 1 is 1.02 bits per heavy atom. The number of amides is 2. The van der Waals surface area contributed by atoms with Gasteiger partial charge in [0.15, 0.2) is 6.61 Å². The summed E-state index contributed by atoms with van der Waals surface area (Å²) in [6.07, 6.45) is 0. The second-order valence-corrected chi connectivity index (χ2v) is 9.54. The van der Waals surface area contributed by atoms with Crippen molar-refractivity contribution in [2.75, 3.05) is 49.5 Å². The second-order valence-electron chi connectivity index (χ2n) is 9.54. The molecule has 216 valence electrons. The van der Waals surface area contributed by atoms with Crippen molar-refractivity contribution in [3.63, 3.8) is 0 Å². The molecule has 0 radical (unpaired) electrons. The van der Waals surface area contributed by atoms with Gasteiger partial charge in [0.25, 0.3) is 0 Å². The minimum Gasteiger partial charge on any atom is -0.482 e. The number of nitrogen functional groups attached to an aromatic ring is 1. The molecular formula is C30H31N7O5. The zero-order valence-corrected chi connectivity index (χ0v) is 22.7. The van der Waals surface area contributed by atoms with E-state index in [4.69, 9.17) is 26.2 Å². The number of anilines is 2. The van der Waals surface area contributed by atoms with Crippen molar-refractivity contribution in [1.82, 2.24) is 10.2 Å². The molecule has 42 heavy (non-hydrogen) atoms. The largest absolute Gasteiger partial charge is 0.482 e. The molecule has 3 aromatic rings. The number of ether oxygens (including phenoxy) is 1. The Hall–Kier alpha value is -5.57. The molecule has 1 heterocycles. The van der Waals surface area contributed by atoms with Crippen LogP contribution in [0.15, 0.2) is 72.8 Å². The number of nitrogens with two attached hydrogens (primary N) is 1. The first-order valence-electron chi connectivity index (χ1n) is 13.2. The Balaban J connectivity index is 1.45. The smallest absolute Gasteiger partial charge is 0.341 e. The van der Waals surface area contributed by atoms with Crippen LogP contribution in [0.3, 0.4) is 0 Å². The summed E-state index contributed by atoms with van der Waals surface area (Å²) >= 11 is 0. The van der Waals surface area contributed by atoms with E-state index >= 15 is 0 Å². The molecule has 4 rings (SSSR count). The van der Waals surface area contributed by atoms with Crippen LogP contribution in [0.5, 0.6) is 5.75 Å². The molecule has 1 fully saturated rings. The summed E-state index contributed by atoms with van der Waals surface area (Å²) in [6.45, 7) is 1.23. The first kappa shape index (κ1) is 29.4. The molecule has 1 unspecified atom stereocenters. The number of carbonyl (C=O) groups excluding carboxylic acids is 2. The van der Waals surface area contributed by atoms with Crippen molar-refractivity contribution in [2.45, 2.75) is 6.04 Å². The summed E-state index contributed by atoms with van der Waals surface area (Å²) in [6, 6.07) is 21.6. The standard InChI is InChI=1S/C30H31N7O5/c31-17-20-5-3-8-23(15-20)36-11-13-37(14-12-36)26(38)18-34-30(41)28(35-22-7-4-6-21(16-22)29(32)33)24-9-1-2-10-25(24)42-19-27(39)40/h1-10,15-16,28,35H,11-14,18-19H2,(H3,32,33)(H,34,41)(H,39,40). The minimum absolute atomic E-state index is 0.145. The maximum Gasteiger partial charge on any atom is 0.341 e. The minimum atomic E-state index is -1.17. The van der Waals surface area contributed by atoms with Crippen LogP contribution in [-0.4, -0.2) is 73.0 Å². The molecular weight excluding hydrogens is 538 g/mol. The van der Waals surface area contributed by atoms with Gasteiger partial charge < -0.3 is 36.0 Å². The number of amidine groups is 1. The van der Waals surface area contributed by atoms with Gasteiger partial charge in [0.2, 0.25) is 11.8 Å². The average Bonchev–Trinajstić information content (AvgIpc) is 3.01. The number of para-hydroxylation sites is 1. The Morgan fingerprint density at radius 3 is 2.48 bits per heavy atom. The van der Waals surface area contributed by atoms with Crippen molar-refractivity contribution >= 4 is 35.0 Å². The normalized spacial score (nSPS) is 13.4. The Labute approximate surface area is 242 Å². The number of hydrogen-bond donors (Lipinski definition) is 5. The number of nitrogens with zero attached hydrogens (tertiary/aromatic N) is 3. The fourth-order valence-corrected chi connectivity index (χ4v) is 4.58. The molecule has 12 nitrogen and oxygen atoms in total. The molecule has 0 bridgehead atoms. The van der Waals surface area contributed by atoms with Crippen LogP contribution in [0.1, 0.15) is 22.7 Å². The summed E-state index contributed by atoms with van der Waals surface area (Å²) < 4.78 is 5.44. The topological polar surface area (TPSA) is 185 Å². The van der Waals surface area contributed by atoms with Crippen LogP contribution in [0, 0.1) is 16.7 Å².